The third-order valence-corrected chi connectivity index (χ3v) is 4.82. The van der Waals surface area contributed by atoms with Gasteiger partial charge in [0.1, 0.15) is 13.2 Å². The number of Topliss-reactive ketones (excluding diaryl/α,β-unsaturated/α-hetero) is 1. The summed E-state index contributed by atoms with van der Waals surface area (Å²) in [6.07, 6.45) is 0. The molecule has 1 aliphatic rings. The first-order valence-electron chi connectivity index (χ1n) is 9.62. The molecule has 2 aromatic carbocycles. The standard InChI is InChI=1S/C22H20N4O5/c1-13-19(14(2)26(25-13)16-6-4-3-5-7-16)20(27)22(29)24-23-21(28)15-8-9-17-18(12-15)31-11-10-30-17/h3-9,12H,10-11H2,1-2H3,(H,23,28)(H,24,29). The lowest BCUT2D eigenvalue weighted by Gasteiger charge is -2.18. The molecule has 0 fully saturated rings. The first-order valence-corrected chi connectivity index (χ1v) is 9.62. The Morgan fingerprint density at radius 1 is 0.935 bits per heavy atom. The molecule has 1 aromatic heterocycles. The normalized spacial score (nSPS) is 12.2. The van der Waals surface area contributed by atoms with Gasteiger partial charge in [-0.25, -0.2) is 4.68 Å². The van der Waals surface area contributed by atoms with Crippen LogP contribution in [0.5, 0.6) is 11.5 Å². The number of hydrogen-bond donors (Lipinski definition) is 2. The molecule has 2 N–H and O–H groups in total. The number of hydrazine groups is 1. The van der Waals surface area contributed by atoms with Gasteiger partial charge in [0.05, 0.1) is 22.6 Å². The minimum atomic E-state index is -0.968. The van der Waals surface area contributed by atoms with E-state index in [1.165, 1.54) is 12.1 Å². The van der Waals surface area contributed by atoms with Crippen molar-refractivity contribution < 1.29 is 23.9 Å². The fraction of sp³-hybridized carbons (Fsp3) is 0.182. The molecule has 9 nitrogen and oxygen atoms in total. The van der Waals surface area contributed by atoms with Crippen molar-refractivity contribution >= 4 is 17.6 Å². The Morgan fingerprint density at radius 3 is 2.39 bits per heavy atom. The molecule has 1 aliphatic heterocycles. The van der Waals surface area contributed by atoms with Crippen LogP contribution in [0.1, 0.15) is 32.1 Å². The summed E-state index contributed by atoms with van der Waals surface area (Å²) < 4.78 is 12.5. The van der Waals surface area contributed by atoms with Crippen molar-refractivity contribution in [1.29, 1.82) is 0 Å². The van der Waals surface area contributed by atoms with Gasteiger partial charge in [0.15, 0.2) is 11.5 Å². The minimum absolute atomic E-state index is 0.190. The molecule has 0 radical (unpaired) electrons. The maximum absolute atomic E-state index is 12.7. The third kappa shape index (κ3) is 3.97. The van der Waals surface area contributed by atoms with Crippen molar-refractivity contribution in [2.24, 2.45) is 0 Å². The molecular weight excluding hydrogens is 400 g/mol. The van der Waals surface area contributed by atoms with Gasteiger partial charge >= 0.3 is 5.91 Å². The minimum Gasteiger partial charge on any atom is -0.486 e. The molecule has 3 aromatic rings. The number of carbonyl (C=O) groups is 3. The number of para-hydroxylation sites is 1. The van der Waals surface area contributed by atoms with Crippen LogP contribution >= 0.6 is 0 Å². The van der Waals surface area contributed by atoms with Crippen molar-refractivity contribution in [1.82, 2.24) is 20.6 Å². The largest absolute Gasteiger partial charge is 0.486 e. The molecule has 2 amide bonds. The van der Waals surface area contributed by atoms with Crippen LogP contribution in [0, 0.1) is 13.8 Å². The summed E-state index contributed by atoms with van der Waals surface area (Å²) in [5, 5.41) is 4.37. The van der Waals surface area contributed by atoms with E-state index in [2.05, 4.69) is 16.0 Å². The number of nitrogens with zero attached hydrogens (tertiary/aromatic N) is 2. The third-order valence-electron chi connectivity index (χ3n) is 4.82. The van der Waals surface area contributed by atoms with Gasteiger partial charge in [-0.1, -0.05) is 18.2 Å². The lowest BCUT2D eigenvalue weighted by atomic mass is 10.1. The predicted octanol–water partition coefficient (Wildman–Crippen LogP) is 1.90. The zero-order chi connectivity index (χ0) is 22.0. The first kappa shape index (κ1) is 20.1. The summed E-state index contributed by atoms with van der Waals surface area (Å²) in [5.41, 5.74) is 6.58. The Labute approximate surface area is 177 Å². The number of ether oxygens (including phenoxy) is 2. The van der Waals surface area contributed by atoms with Crippen LogP contribution in [0.25, 0.3) is 5.69 Å². The van der Waals surface area contributed by atoms with E-state index in [0.717, 1.165) is 5.69 Å². The van der Waals surface area contributed by atoms with Crippen LogP contribution in [0.2, 0.25) is 0 Å². The van der Waals surface area contributed by atoms with E-state index in [1.54, 1.807) is 24.6 Å². The average molecular weight is 420 g/mol. The van der Waals surface area contributed by atoms with Gasteiger partial charge < -0.3 is 9.47 Å². The molecule has 158 valence electrons. The van der Waals surface area contributed by atoms with Crippen LogP contribution in [-0.4, -0.2) is 40.6 Å². The van der Waals surface area contributed by atoms with E-state index in [9.17, 15) is 14.4 Å². The monoisotopic (exact) mass is 420 g/mol. The van der Waals surface area contributed by atoms with Crippen molar-refractivity contribution in [2.45, 2.75) is 13.8 Å². The molecule has 4 rings (SSSR count). The molecule has 2 heterocycles. The Kier molecular flexibility index (Phi) is 5.40. The number of carbonyl (C=O) groups excluding carboxylic acids is 3. The molecule has 0 saturated carbocycles. The van der Waals surface area contributed by atoms with Gasteiger partial charge in [-0.05, 0) is 44.2 Å². The molecule has 0 atom stereocenters. The summed E-state index contributed by atoms with van der Waals surface area (Å²) >= 11 is 0. The van der Waals surface area contributed by atoms with Gasteiger partial charge in [0.2, 0.25) is 0 Å². The predicted molar refractivity (Wildman–Crippen MR) is 110 cm³/mol. The van der Waals surface area contributed by atoms with E-state index in [4.69, 9.17) is 9.47 Å². The topological polar surface area (TPSA) is 112 Å². The highest BCUT2D eigenvalue weighted by molar-refractivity contribution is 6.43. The van der Waals surface area contributed by atoms with E-state index in [1.807, 2.05) is 30.3 Å². The Hall–Kier alpha value is -4.14. The molecule has 0 saturated heterocycles. The maximum atomic E-state index is 12.7. The average Bonchev–Trinajstić information content (AvgIpc) is 3.10. The molecular formula is C22H20N4O5. The number of fused-ring (bicyclic) bond motifs is 1. The van der Waals surface area contributed by atoms with Crippen LogP contribution in [0.15, 0.2) is 48.5 Å². The van der Waals surface area contributed by atoms with E-state index in [-0.39, 0.29) is 11.1 Å². The lowest BCUT2D eigenvalue weighted by Crippen LogP contribution is -2.45. The van der Waals surface area contributed by atoms with Crippen LogP contribution in [-0.2, 0) is 4.79 Å². The number of rotatable bonds is 4. The molecule has 9 heteroatoms. The molecule has 0 bridgehead atoms. The van der Waals surface area contributed by atoms with E-state index >= 15 is 0 Å². The zero-order valence-electron chi connectivity index (χ0n) is 17.0. The Bertz CT molecular complexity index is 1170. The summed E-state index contributed by atoms with van der Waals surface area (Å²) in [6, 6.07) is 13.9. The van der Waals surface area contributed by atoms with Gasteiger partial charge in [-0.2, -0.15) is 5.10 Å². The first-order chi connectivity index (χ1) is 15.0. The number of amides is 2. The highest BCUT2D eigenvalue weighted by atomic mass is 16.6. The van der Waals surface area contributed by atoms with Crippen LogP contribution in [0.3, 0.4) is 0 Å². The molecule has 0 aliphatic carbocycles. The highest BCUT2D eigenvalue weighted by Crippen LogP contribution is 2.30. The summed E-state index contributed by atoms with van der Waals surface area (Å²) in [4.78, 5) is 37.5. The Balaban J connectivity index is 1.45. The summed E-state index contributed by atoms with van der Waals surface area (Å²) in [6.45, 7) is 4.19. The molecule has 0 spiro atoms. The van der Waals surface area contributed by atoms with Crippen molar-refractivity contribution in [3.63, 3.8) is 0 Å². The van der Waals surface area contributed by atoms with Crippen LogP contribution < -0.4 is 20.3 Å². The van der Waals surface area contributed by atoms with E-state index < -0.39 is 17.6 Å². The molecule has 0 unspecified atom stereocenters. The summed E-state index contributed by atoms with van der Waals surface area (Å²) in [7, 11) is 0. The number of aryl methyl sites for hydroxylation is 1. The fourth-order valence-corrected chi connectivity index (χ4v) is 3.33. The smallest absolute Gasteiger partial charge is 0.310 e. The second-order valence-electron chi connectivity index (χ2n) is 6.89. The van der Waals surface area contributed by atoms with E-state index in [0.29, 0.717) is 36.1 Å². The summed E-state index contributed by atoms with van der Waals surface area (Å²) in [5.74, 6) is -1.36. The molecule has 31 heavy (non-hydrogen) atoms. The maximum Gasteiger partial charge on any atom is 0.310 e. The van der Waals surface area contributed by atoms with Crippen molar-refractivity contribution in [3.05, 3.63) is 71.0 Å². The number of aromatic nitrogens is 2. The quantitative estimate of drug-likeness (QED) is 0.379. The highest BCUT2D eigenvalue weighted by Gasteiger charge is 2.25. The Morgan fingerprint density at radius 2 is 1.65 bits per heavy atom. The number of benzene rings is 2. The van der Waals surface area contributed by atoms with Crippen molar-refractivity contribution in [3.8, 4) is 17.2 Å². The van der Waals surface area contributed by atoms with Gasteiger partial charge in [-0.3, -0.25) is 25.2 Å². The number of ketones is 1. The number of hydrogen-bond acceptors (Lipinski definition) is 6. The van der Waals surface area contributed by atoms with Crippen molar-refractivity contribution in [2.75, 3.05) is 13.2 Å². The zero-order valence-corrected chi connectivity index (χ0v) is 17.0. The van der Waals surface area contributed by atoms with Gasteiger partial charge in [-0.15, -0.1) is 0 Å². The van der Waals surface area contributed by atoms with Gasteiger partial charge in [0, 0.05) is 5.56 Å². The van der Waals surface area contributed by atoms with Crippen LogP contribution in [0.4, 0.5) is 0 Å². The second kappa shape index (κ2) is 8.31. The van der Waals surface area contributed by atoms with Gasteiger partial charge in [0.25, 0.3) is 11.7 Å². The number of nitrogens with one attached hydrogen (secondary N) is 2. The fourth-order valence-electron chi connectivity index (χ4n) is 3.33. The second-order valence-corrected chi connectivity index (χ2v) is 6.89. The SMILES string of the molecule is Cc1nn(-c2ccccc2)c(C)c1C(=O)C(=O)NNC(=O)c1ccc2c(c1)OCCO2. The lowest BCUT2D eigenvalue weighted by molar-refractivity contribution is -0.117.